The molecule has 144 valence electrons. The van der Waals surface area contributed by atoms with E-state index in [1.807, 2.05) is 36.4 Å². The van der Waals surface area contributed by atoms with Gasteiger partial charge in [-0.05, 0) is 12.5 Å². The first-order valence-electron chi connectivity index (χ1n) is 8.74. The number of amides is 1. The molecule has 0 aliphatic heterocycles. The van der Waals surface area contributed by atoms with Crippen LogP contribution in [0.2, 0.25) is 5.02 Å². The molecule has 0 saturated heterocycles. The number of hydrogen-bond donors (Lipinski definition) is 1. The van der Waals surface area contributed by atoms with Crippen LogP contribution in [0.3, 0.4) is 0 Å². The molecule has 0 radical (unpaired) electrons. The maximum absolute atomic E-state index is 12.4. The van der Waals surface area contributed by atoms with Gasteiger partial charge in [0.25, 0.3) is 0 Å². The van der Waals surface area contributed by atoms with E-state index in [0.29, 0.717) is 32.2 Å². The highest BCUT2D eigenvalue weighted by molar-refractivity contribution is 7.24. The van der Waals surface area contributed by atoms with E-state index in [1.165, 1.54) is 18.3 Å². The Hall–Kier alpha value is -2.70. The van der Waals surface area contributed by atoms with E-state index in [9.17, 15) is 9.59 Å². The predicted molar refractivity (Wildman–Crippen MR) is 115 cm³/mol. The van der Waals surface area contributed by atoms with Crippen LogP contribution in [0.25, 0.3) is 10.1 Å². The number of aliphatic imine (C=N–C) groups is 1. The number of anilines is 1. The zero-order chi connectivity index (χ0) is 20.1. The van der Waals surface area contributed by atoms with Crippen LogP contribution in [0.4, 0.5) is 5.00 Å². The van der Waals surface area contributed by atoms with Crippen LogP contribution in [0.15, 0.2) is 47.5 Å². The molecule has 28 heavy (non-hydrogen) atoms. The van der Waals surface area contributed by atoms with Crippen LogP contribution in [0.1, 0.15) is 35.3 Å². The van der Waals surface area contributed by atoms with Crippen LogP contribution < -0.4 is 5.32 Å². The molecule has 0 unspecified atom stereocenters. The fraction of sp³-hybridized carbons (Fsp3) is 0.190. The molecule has 1 N–H and O–H groups in total. The predicted octanol–water partition coefficient (Wildman–Crippen LogP) is 5.31. The van der Waals surface area contributed by atoms with Crippen molar-refractivity contribution in [2.75, 3.05) is 11.9 Å². The molecule has 3 aromatic rings. The molecule has 7 heteroatoms. The van der Waals surface area contributed by atoms with Crippen molar-refractivity contribution in [1.82, 2.24) is 0 Å². The molecule has 1 heterocycles. The summed E-state index contributed by atoms with van der Waals surface area (Å²) in [4.78, 5) is 28.4. The lowest BCUT2D eigenvalue weighted by molar-refractivity contribution is -0.114. The van der Waals surface area contributed by atoms with Crippen molar-refractivity contribution in [2.45, 2.75) is 20.4 Å². The van der Waals surface area contributed by atoms with Gasteiger partial charge in [0, 0.05) is 24.1 Å². The van der Waals surface area contributed by atoms with Crippen LogP contribution in [-0.4, -0.2) is 24.7 Å². The first kappa shape index (κ1) is 20.0. The highest BCUT2D eigenvalue weighted by Gasteiger charge is 2.23. The number of thiophene rings is 1. The van der Waals surface area contributed by atoms with Crippen molar-refractivity contribution in [3.63, 3.8) is 0 Å². The molecule has 1 aromatic heterocycles. The molecular formula is C21H19ClN2O3S. The summed E-state index contributed by atoms with van der Waals surface area (Å²) in [5, 5.41) is 4.27. The maximum atomic E-state index is 12.4. The highest BCUT2D eigenvalue weighted by Crippen LogP contribution is 2.41. The second-order valence-electron chi connectivity index (χ2n) is 6.01. The summed E-state index contributed by atoms with van der Waals surface area (Å²) in [6.45, 7) is 3.92. The molecular weight excluding hydrogens is 396 g/mol. The number of halogens is 1. The number of nitrogens with zero attached hydrogens (tertiary/aromatic N) is 1. The lowest BCUT2D eigenvalue weighted by atomic mass is 10.1. The van der Waals surface area contributed by atoms with Crippen molar-refractivity contribution >= 4 is 56.1 Å². The van der Waals surface area contributed by atoms with Gasteiger partial charge in [-0.2, -0.15) is 0 Å². The summed E-state index contributed by atoms with van der Waals surface area (Å²) in [6, 6.07) is 13.5. The summed E-state index contributed by atoms with van der Waals surface area (Å²) >= 11 is 7.83. The lowest BCUT2D eigenvalue weighted by Gasteiger charge is -2.05. The van der Waals surface area contributed by atoms with Gasteiger partial charge in [0.05, 0.1) is 22.9 Å². The summed E-state index contributed by atoms with van der Waals surface area (Å²) in [5.74, 6) is -0.753. The zero-order valence-electron chi connectivity index (χ0n) is 15.5. The number of carbonyl (C=O) groups excluding carboxylic acids is 2. The maximum Gasteiger partial charge on any atom is 0.341 e. The van der Waals surface area contributed by atoms with Gasteiger partial charge in [0.1, 0.15) is 10.6 Å². The van der Waals surface area contributed by atoms with E-state index in [1.54, 1.807) is 19.2 Å². The Morgan fingerprint density at radius 3 is 2.64 bits per heavy atom. The first-order chi connectivity index (χ1) is 13.5. The number of ether oxygens (including phenoxy) is 1. The smallest absolute Gasteiger partial charge is 0.341 e. The van der Waals surface area contributed by atoms with Crippen molar-refractivity contribution in [3.05, 3.63) is 64.2 Å². The van der Waals surface area contributed by atoms with Crippen molar-refractivity contribution < 1.29 is 14.3 Å². The van der Waals surface area contributed by atoms with Crippen LogP contribution >= 0.6 is 22.9 Å². The normalized spacial score (nSPS) is 11.1. The third-order valence-corrected chi connectivity index (χ3v) is 5.60. The Balaban J connectivity index is 1.98. The Morgan fingerprint density at radius 2 is 1.96 bits per heavy atom. The standard InChI is InChI=1S/C21H19ClN2O3S/c1-3-27-21(26)17-16-10-9-15(12-23-11-14-7-5-4-6-8-14)18(22)19(16)28-20(17)24-13(2)25/h4-10,12H,3,11H2,1-2H3,(H,24,25). The van der Waals surface area contributed by atoms with E-state index in [2.05, 4.69) is 10.3 Å². The number of benzene rings is 2. The Labute approximate surface area is 172 Å². The summed E-state index contributed by atoms with van der Waals surface area (Å²) < 4.78 is 5.85. The van der Waals surface area contributed by atoms with Crippen LogP contribution in [-0.2, 0) is 16.1 Å². The number of esters is 1. The third-order valence-electron chi connectivity index (χ3n) is 3.94. The summed E-state index contributed by atoms with van der Waals surface area (Å²) in [5.41, 5.74) is 2.17. The van der Waals surface area contributed by atoms with Crippen molar-refractivity contribution in [3.8, 4) is 0 Å². The minimum atomic E-state index is -0.487. The fourth-order valence-corrected chi connectivity index (χ4v) is 4.24. The second-order valence-corrected chi connectivity index (χ2v) is 7.41. The fourth-order valence-electron chi connectivity index (χ4n) is 2.73. The number of carbonyl (C=O) groups is 2. The number of rotatable bonds is 6. The quantitative estimate of drug-likeness (QED) is 0.439. The van der Waals surface area contributed by atoms with E-state index in [4.69, 9.17) is 16.3 Å². The average Bonchev–Trinajstić information content (AvgIpc) is 3.03. The number of fused-ring (bicyclic) bond motifs is 1. The Kier molecular flexibility index (Phi) is 6.44. The highest BCUT2D eigenvalue weighted by atomic mass is 35.5. The lowest BCUT2D eigenvalue weighted by Crippen LogP contribution is -2.10. The summed E-state index contributed by atoms with van der Waals surface area (Å²) in [6.07, 6.45) is 1.72. The van der Waals surface area contributed by atoms with E-state index >= 15 is 0 Å². The summed E-state index contributed by atoms with van der Waals surface area (Å²) in [7, 11) is 0. The third kappa shape index (κ3) is 4.40. The van der Waals surface area contributed by atoms with Crippen molar-refractivity contribution in [1.29, 1.82) is 0 Å². The molecule has 5 nitrogen and oxygen atoms in total. The molecule has 0 saturated carbocycles. The van der Waals surface area contributed by atoms with Gasteiger partial charge in [-0.1, -0.05) is 54.1 Å². The zero-order valence-corrected chi connectivity index (χ0v) is 17.1. The van der Waals surface area contributed by atoms with Crippen LogP contribution in [0, 0.1) is 0 Å². The van der Waals surface area contributed by atoms with Crippen molar-refractivity contribution in [2.24, 2.45) is 4.99 Å². The van der Waals surface area contributed by atoms with Gasteiger partial charge in [0.15, 0.2) is 0 Å². The van der Waals surface area contributed by atoms with Gasteiger partial charge < -0.3 is 10.1 Å². The van der Waals surface area contributed by atoms with Gasteiger partial charge >= 0.3 is 5.97 Å². The van der Waals surface area contributed by atoms with Gasteiger partial charge in [-0.25, -0.2) is 4.79 Å². The van der Waals surface area contributed by atoms with E-state index in [0.717, 1.165) is 11.1 Å². The molecule has 2 aromatic carbocycles. The number of nitrogens with one attached hydrogen (secondary N) is 1. The van der Waals surface area contributed by atoms with E-state index in [-0.39, 0.29) is 12.5 Å². The van der Waals surface area contributed by atoms with Crippen LogP contribution in [0.5, 0.6) is 0 Å². The monoisotopic (exact) mass is 414 g/mol. The topological polar surface area (TPSA) is 67.8 Å². The molecule has 0 bridgehead atoms. The molecule has 1 amide bonds. The average molecular weight is 415 g/mol. The Morgan fingerprint density at radius 1 is 1.21 bits per heavy atom. The largest absolute Gasteiger partial charge is 0.462 e. The SMILES string of the molecule is CCOC(=O)c1c(NC(C)=O)sc2c(Cl)c(C=NCc3ccccc3)ccc12. The molecule has 3 rings (SSSR count). The molecule has 0 spiro atoms. The van der Waals surface area contributed by atoms with Gasteiger partial charge in [-0.15, -0.1) is 11.3 Å². The molecule has 0 fully saturated rings. The van der Waals surface area contributed by atoms with Gasteiger partial charge in [0.2, 0.25) is 5.91 Å². The van der Waals surface area contributed by atoms with E-state index < -0.39 is 5.97 Å². The minimum absolute atomic E-state index is 0.244. The molecule has 0 aliphatic rings. The molecule has 0 aliphatic carbocycles. The van der Waals surface area contributed by atoms with Gasteiger partial charge in [-0.3, -0.25) is 9.79 Å². The second kappa shape index (κ2) is 8.99. The first-order valence-corrected chi connectivity index (χ1v) is 9.94. The number of hydrogen-bond acceptors (Lipinski definition) is 5. The minimum Gasteiger partial charge on any atom is -0.462 e. The Bertz CT molecular complexity index is 1040. The molecule has 0 atom stereocenters.